The van der Waals surface area contributed by atoms with Gasteiger partial charge in [0.2, 0.25) is 0 Å². The summed E-state index contributed by atoms with van der Waals surface area (Å²) in [5.41, 5.74) is 0.942. The van der Waals surface area contributed by atoms with Gasteiger partial charge in [-0.25, -0.2) is 13.4 Å². The number of rotatable bonds is 3. The summed E-state index contributed by atoms with van der Waals surface area (Å²) in [6.45, 7) is 2.06. The molecule has 3 rings (SSSR count). The average Bonchev–Trinajstić information content (AvgIpc) is 3.03. The van der Waals surface area contributed by atoms with Gasteiger partial charge in [-0.3, -0.25) is 0 Å². The summed E-state index contributed by atoms with van der Waals surface area (Å²) in [5, 5.41) is 0.816. The van der Waals surface area contributed by atoms with E-state index in [0.717, 1.165) is 5.69 Å². The standard InChI is InChI=1S/C13H15ClN4O2S/c14-11-3-1-2-4-12(11)17-5-7-18(8-6-17)21(19,20)13-9-15-10-16-13/h1-4,9-10H,5-8H2,(H,15,16). The van der Waals surface area contributed by atoms with Crippen LogP contribution in [-0.2, 0) is 10.0 Å². The smallest absolute Gasteiger partial charge is 0.260 e. The minimum Gasteiger partial charge on any atom is -0.368 e. The van der Waals surface area contributed by atoms with E-state index in [0.29, 0.717) is 31.2 Å². The summed E-state index contributed by atoms with van der Waals surface area (Å²) < 4.78 is 26.2. The Hall–Kier alpha value is -1.57. The minimum atomic E-state index is -3.48. The Labute approximate surface area is 128 Å². The fraction of sp³-hybridized carbons (Fsp3) is 0.308. The second kappa shape index (κ2) is 5.67. The Morgan fingerprint density at radius 2 is 1.86 bits per heavy atom. The van der Waals surface area contributed by atoms with Gasteiger partial charge in [0, 0.05) is 26.2 Å². The first-order chi connectivity index (χ1) is 10.1. The van der Waals surface area contributed by atoms with Crippen LogP contribution in [0.3, 0.4) is 0 Å². The molecule has 0 radical (unpaired) electrons. The maximum Gasteiger partial charge on any atom is 0.260 e. The molecule has 0 unspecified atom stereocenters. The monoisotopic (exact) mass is 326 g/mol. The van der Waals surface area contributed by atoms with Crippen molar-refractivity contribution in [2.75, 3.05) is 31.1 Å². The lowest BCUT2D eigenvalue weighted by Gasteiger charge is -2.35. The third-order valence-corrected chi connectivity index (χ3v) is 5.67. The molecule has 0 saturated carbocycles. The maximum atomic E-state index is 12.4. The number of sulfonamides is 1. The highest BCUT2D eigenvalue weighted by atomic mass is 35.5. The van der Waals surface area contributed by atoms with E-state index in [4.69, 9.17) is 11.6 Å². The summed E-state index contributed by atoms with van der Waals surface area (Å²) in [4.78, 5) is 8.52. The van der Waals surface area contributed by atoms with Crippen LogP contribution in [-0.4, -0.2) is 48.9 Å². The highest BCUT2D eigenvalue weighted by Gasteiger charge is 2.29. The molecule has 2 heterocycles. The number of nitrogens with zero attached hydrogens (tertiary/aromatic N) is 3. The number of aromatic nitrogens is 2. The number of H-pyrrole nitrogens is 1. The van der Waals surface area contributed by atoms with Crippen molar-refractivity contribution in [3.63, 3.8) is 0 Å². The van der Waals surface area contributed by atoms with Crippen LogP contribution in [0.2, 0.25) is 5.02 Å². The molecule has 0 aliphatic carbocycles. The molecule has 0 bridgehead atoms. The summed E-state index contributed by atoms with van der Waals surface area (Å²) in [7, 11) is -3.48. The van der Waals surface area contributed by atoms with Gasteiger partial charge in [-0.2, -0.15) is 4.31 Å². The topological polar surface area (TPSA) is 69.3 Å². The number of hydrogen-bond donors (Lipinski definition) is 1. The van der Waals surface area contributed by atoms with Crippen LogP contribution in [0.25, 0.3) is 0 Å². The number of halogens is 1. The van der Waals surface area contributed by atoms with Crippen LogP contribution in [0.5, 0.6) is 0 Å². The van der Waals surface area contributed by atoms with Crippen LogP contribution in [0.15, 0.2) is 41.8 Å². The lowest BCUT2D eigenvalue weighted by atomic mass is 10.2. The number of para-hydroxylation sites is 1. The van der Waals surface area contributed by atoms with Gasteiger partial charge >= 0.3 is 0 Å². The largest absolute Gasteiger partial charge is 0.368 e. The lowest BCUT2D eigenvalue weighted by Crippen LogP contribution is -2.48. The molecule has 6 nitrogen and oxygen atoms in total. The van der Waals surface area contributed by atoms with E-state index >= 15 is 0 Å². The number of benzene rings is 1. The van der Waals surface area contributed by atoms with Crippen LogP contribution in [0.1, 0.15) is 0 Å². The van der Waals surface area contributed by atoms with E-state index in [2.05, 4.69) is 14.9 Å². The van der Waals surface area contributed by atoms with Gasteiger partial charge in [-0.15, -0.1) is 0 Å². The number of imidazole rings is 1. The minimum absolute atomic E-state index is 0.133. The highest BCUT2D eigenvalue weighted by molar-refractivity contribution is 7.89. The van der Waals surface area contributed by atoms with E-state index in [1.807, 2.05) is 24.3 Å². The zero-order chi connectivity index (χ0) is 14.9. The Balaban J connectivity index is 1.73. The van der Waals surface area contributed by atoms with Crippen molar-refractivity contribution in [2.45, 2.75) is 5.03 Å². The van der Waals surface area contributed by atoms with Gasteiger partial charge in [0.25, 0.3) is 10.0 Å². The normalized spacial score (nSPS) is 17.1. The molecule has 0 amide bonds. The maximum absolute atomic E-state index is 12.4. The quantitative estimate of drug-likeness (QED) is 0.929. The van der Waals surface area contributed by atoms with Crippen molar-refractivity contribution >= 4 is 27.3 Å². The molecule has 1 saturated heterocycles. The van der Waals surface area contributed by atoms with E-state index < -0.39 is 10.0 Å². The molecule has 1 fully saturated rings. The Morgan fingerprint density at radius 3 is 2.48 bits per heavy atom. The molecular weight excluding hydrogens is 312 g/mol. The molecule has 1 aliphatic rings. The second-order valence-electron chi connectivity index (χ2n) is 4.76. The van der Waals surface area contributed by atoms with Crippen LogP contribution < -0.4 is 4.90 Å². The van der Waals surface area contributed by atoms with Gasteiger partial charge in [0.1, 0.15) is 0 Å². The fourth-order valence-corrected chi connectivity index (χ4v) is 3.97. The Kier molecular flexibility index (Phi) is 3.88. The predicted octanol–water partition coefficient (Wildman–Crippen LogP) is 1.57. The van der Waals surface area contributed by atoms with Crippen molar-refractivity contribution in [1.82, 2.24) is 14.3 Å². The third kappa shape index (κ3) is 2.76. The Bertz CT molecular complexity index is 710. The fourth-order valence-electron chi connectivity index (χ4n) is 2.40. The first-order valence-electron chi connectivity index (χ1n) is 6.57. The first kappa shape index (κ1) is 14.4. The predicted molar refractivity (Wildman–Crippen MR) is 81.0 cm³/mol. The van der Waals surface area contributed by atoms with Gasteiger partial charge in [-0.1, -0.05) is 23.7 Å². The van der Waals surface area contributed by atoms with E-state index in [9.17, 15) is 8.42 Å². The SMILES string of the molecule is O=S(=O)(c1cnc[nH]1)N1CCN(c2ccccc2Cl)CC1. The van der Waals surface area contributed by atoms with Crippen molar-refractivity contribution in [2.24, 2.45) is 0 Å². The van der Waals surface area contributed by atoms with Crippen LogP contribution in [0, 0.1) is 0 Å². The summed E-state index contributed by atoms with van der Waals surface area (Å²) >= 11 is 6.18. The van der Waals surface area contributed by atoms with Crippen LogP contribution >= 0.6 is 11.6 Å². The van der Waals surface area contributed by atoms with Crippen LogP contribution in [0.4, 0.5) is 5.69 Å². The number of nitrogens with one attached hydrogen (secondary N) is 1. The number of piperazine rings is 1. The summed E-state index contributed by atoms with van der Waals surface area (Å²) in [6, 6.07) is 7.59. The van der Waals surface area contributed by atoms with E-state index in [1.165, 1.54) is 16.8 Å². The average molecular weight is 327 g/mol. The molecule has 2 aromatic rings. The van der Waals surface area contributed by atoms with Gasteiger partial charge < -0.3 is 9.88 Å². The lowest BCUT2D eigenvalue weighted by molar-refractivity contribution is 0.383. The zero-order valence-electron chi connectivity index (χ0n) is 11.2. The number of anilines is 1. The molecule has 1 aromatic heterocycles. The molecule has 21 heavy (non-hydrogen) atoms. The van der Waals surface area contributed by atoms with Gasteiger partial charge in [0.15, 0.2) is 5.03 Å². The van der Waals surface area contributed by atoms with Crippen molar-refractivity contribution in [3.8, 4) is 0 Å². The second-order valence-corrected chi connectivity index (χ2v) is 7.07. The molecule has 1 N–H and O–H groups in total. The molecule has 0 spiro atoms. The first-order valence-corrected chi connectivity index (χ1v) is 8.39. The van der Waals surface area contributed by atoms with E-state index in [-0.39, 0.29) is 5.03 Å². The third-order valence-electron chi connectivity index (χ3n) is 3.52. The van der Waals surface area contributed by atoms with Gasteiger partial charge in [0.05, 0.1) is 23.2 Å². The Morgan fingerprint density at radius 1 is 1.14 bits per heavy atom. The molecule has 8 heteroatoms. The van der Waals surface area contributed by atoms with E-state index in [1.54, 1.807) is 0 Å². The summed E-state index contributed by atoms with van der Waals surface area (Å²) in [6.07, 6.45) is 2.70. The zero-order valence-corrected chi connectivity index (χ0v) is 12.8. The number of hydrogen-bond acceptors (Lipinski definition) is 4. The number of aromatic amines is 1. The summed E-state index contributed by atoms with van der Waals surface area (Å²) in [5.74, 6) is 0. The molecule has 0 atom stereocenters. The van der Waals surface area contributed by atoms with Gasteiger partial charge in [-0.05, 0) is 12.1 Å². The molecule has 1 aromatic carbocycles. The van der Waals surface area contributed by atoms with Crippen molar-refractivity contribution < 1.29 is 8.42 Å². The van der Waals surface area contributed by atoms with Crippen molar-refractivity contribution in [1.29, 1.82) is 0 Å². The molecule has 1 aliphatic heterocycles. The van der Waals surface area contributed by atoms with Crippen molar-refractivity contribution in [3.05, 3.63) is 41.8 Å². The molecular formula is C13H15ClN4O2S. The molecule has 112 valence electrons. The highest BCUT2D eigenvalue weighted by Crippen LogP contribution is 2.27.